The number of fused-ring (bicyclic) bond motifs is 3. The van der Waals surface area contributed by atoms with Gasteiger partial charge in [0.1, 0.15) is 5.92 Å². The predicted octanol–water partition coefficient (Wildman–Crippen LogP) is 4.68. The van der Waals surface area contributed by atoms with Crippen LogP contribution in [0, 0.1) is 5.92 Å². The summed E-state index contributed by atoms with van der Waals surface area (Å²) in [5.74, 6) is -2.49. The molecule has 1 aliphatic heterocycles. The number of hydrogen-bond donors (Lipinski definition) is 2. The molecule has 5 nitrogen and oxygen atoms in total. The number of aromatic nitrogens is 1. The smallest absolute Gasteiger partial charge is 0.318 e. The summed E-state index contributed by atoms with van der Waals surface area (Å²) in [5.41, 5.74) is 2.87. The van der Waals surface area contributed by atoms with Crippen LogP contribution >= 0.6 is 11.6 Å². The summed E-state index contributed by atoms with van der Waals surface area (Å²) < 4.78 is 0. The highest BCUT2D eigenvalue weighted by atomic mass is 35.5. The molecule has 0 bridgehead atoms. The number of hydrogen-bond acceptors (Lipinski definition) is 3. The SMILES string of the molecule is CC(C(=O)c1cccc(Cl)c1)C1CN=CC(C(=O)O)c2[nH]c3ccccc3c21. The lowest BCUT2D eigenvalue weighted by molar-refractivity contribution is -0.137. The van der Waals surface area contributed by atoms with Gasteiger partial charge in [-0.05, 0) is 23.8 Å². The number of ketones is 1. The zero-order chi connectivity index (χ0) is 19.8. The van der Waals surface area contributed by atoms with Crippen LogP contribution in [0.2, 0.25) is 5.02 Å². The molecule has 0 fully saturated rings. The van der Waals surface area contributed by atoms with E-state index >= 15 is 0 Å². The number of benzene rings is 2. The summed E-state index contributed by atoms with van der Waals surface area (Å²) in [6.07, 6.45) is 1.47. The maximum atomic E-state index is 13.2. The number of aliphatic carboxylic acids is 1. The van der Waals surface area contributed by atoms with Crippen molar-refractivity contribution in [1.29, 1.82) is 0 Å². The van der Waals surface area contributed by atoms with Gasteiger partial charge in [-0.3, -0.25) is 14.6 Å². The van der Waals surface area contributed by atoms with Gasteiger partial charge < -0.3 is 10.1 Å². The highest BCUT2D eigenvalue weighted by Gasteiger charge is 2.35. The van der Waals surface area contributed by atoms with Gasteiger partial charge in [0.15, 0.2) is 5.78 Å². The third-order valence-electron chi connectivity index (χ3n) is 5.41. The van der Waals surface area contributed by atoms with Gasteiger partial charge in [0.25, 0.3) is 0 Å². The van der Waals surface area contributed by atoms with Crippen molar-refractivity contribution in [2.24, 2.45) is 10.9 Å². The fraction of sp³-hybridized carbons (Fsp3) is 0.227. The highest BCUT2D eigenvalue weighted by molar-refractivity contribution is 6.31. The van der Waals surface area contributed by atoms with E-state index in [0.29, 0.717) is 22.8 Å². The van der Waals surface area contributed by atoms with E-state index in [1.165, 1.54) is 6.21 Å². The van der Waals surface area contributed by atoms with Crippen molar-refractivity contribution < 1.29 is 14.7 Å². The monoisotopic (exact) mass is 394 g/mol. The molecule has 2 heterocycles. The van der Waals surface area contributed by atoms with Crippen LogP contribution in [0.15, 0.2) is 53.5 Å². The van der Waals surface area contributed by atoms with E-state index in [1.54, 1.807) is 24.3 Å². The number of para-hydroxylation sites is 1. The molecule has 0 saturated heterocycles. The molecule has 4 rings (SSSR count). The molecular weight excluding hydrogens is 376 g/mol. The van der Waals surface area contributed by atoms with Gasteiger partial charge in [-0.1, -0.05) is 48.9 Å². The van der Waals surface area contributed by atoms with Crippen LogP contribution in [0.3, 0.4) is 0 Å². The van der Waals surface area contributed by atoms with Crippen LogP contribution in [0.1, 0.15) is 40.4 Å². The van der Waals surface area contributed by atoms with Gasteiger partial charge >= 0.3 is 5.97 Å². The summed E-state index contributed by atoms with van der Waals surface area (Å²) in [6.45, 7) is 2.22. The Hall–Kier alpha value is -2.92. The van der Waals surface area contributed by atoms with Crippen molar-refractivity contribution in [2.45, 2.75) is 18.8 Å². The topological polar surface area (TPSA) is 82.5 Å². The van der Waals surface area contributed by atoms with Crippen molar-refractivity contribution >= 4 is 40.5 Å². The molecule has 0 saturated carbocycles. The van der Waals surface area contributed by atoms with E-state index in [1.807, 2.05) is 31.2 Å². The Bertz CT molecular complexity index is 1100. The van der Waals surface area contributed by atoms with Crippen molar-refractivity contribution in [3.63, 3.8) is 0 Å². The lowest BCUT2D eigenvalue weighted by Crippen LogP contribution is -2.23. The summed E-state index contributed by atoms with van der Waals surface area (Å²) in [5, 5.41) is 11.1. The Morgan fingerprint density at radius 1 is 1.21 bits per heavy atom. The number of H-pyrrole nitrogens is 1. The maximum Gasteiger partial charge on any atom is 0.318 e. The predicted molar refractivity (Wildman–Crippen MR) is 110 cm³/mol. The summed E-state index contributed by atoms with van der Waals surface area (Å²) >= 11 is 6.06. The van der Waals surface area contributed by atoms with Crippen molar-refractivity contribution in [3.05, 3.63) is 70.4 Å². The lowest BCUT2D eigenvalue weighted by atomic mass is 9.80. The van der Waals surface area contributed by atoms with Gasteiger partial charge in [0.05, 0.1) is 0 Å². The normalized spacial score (nSPS) is 19.8. The molecule has 1 aromatic heterocycles. The van der Waals surface area contributed by atoms with Crippen LogP contribution in [-0.4, -0.2) is 34.6 Å². The van der Waals surface area contributed by atoms with Crippen LogP contribution in [0.25, 0.3) is 10.9 Å². The zero-order valence-electron chi connectivity index (χ0n) is 15.2. The molecule has 3 unspecified atom stereocenters. The lowest BCUT2D eigenvalue weighted by Gasteiger charge is -2.22. The molecule has 3 atom stereocenters. The Labute approximate surface area is 167 Å². The highest BCUT2D eigenvalue weighted by Crippen LogP contribution is 2.40. The number of rotatable bonds is 4. The summed E-state index contributed by atoms with van der Waals surface area (Å²) in [4.78, 5) is 32.6. The van der Waals surface area contributed by atoms with E-state index in [9.17, 15) is 14.7 Å². The van der Waals surface area contributed by atoms with Gasteiger partial charge in [-0.25, -0.2) is 0 Å². The van der Waals surface area contributed by atoms with Crippen molar-refractivity contribution in [3.8, 4) is 0 Å². The molecule has 1 aliphatic rings. The van der Waals surface area contributed by atoms with Crippen LogP contribution in [0.5, 0.6) is 0 Å². The molecule has 0 radical (unpaired) electrons. The number of aliphatic imine (C=N–C) groups is 1. The minimum atomic E-state index is -0.967. The van der Waals surface area contributed by atoms with E-state index in [2.05, 4.69) is 9.98 Å². The van der Waals surface area contributed by atoms with Gasteiger partial charge in [-0.15, -0.1) is 0 Å². The molecule has 142 valence electrons. The average molecular weight is 395 g/mol. The van der Waals surface area contributed by atoms with Crippen molar-refractivity contribution in [1.82, 2.24) is 4.98 Å². The molecular formula is C22H19ClN2O3. The molecule has 3 aromatic rings. The van der Waals surface area contributed by atoms with Gasteiger partial charge in [0, 0.05) is 51.8 Å². The second-order valence-electron chi connectivity index (χ2n) is 7.10. The zero-order valence-corrected chi connectivity index (χ0v) is 16.0. The second kappa shape index (κ2) is 7.24. The molecule has 2 aromatic carbocycles. The number of aromatic amines is 1. The largest absolute Gasteiger partial charge is 0.480 e. The fourth-order valence-corrected chi connectivity index (χ4v) is 4.15. The first-order chi connectivity index (χ1) is 13.5. The van der Waals surface area contributed by atoms with E-state index in [0.717, 1.165) is 16.5 Å². The fourth-order valence-electron chi connectivity index (χ4n) is 3.96. The minimum Gasteiger partial charge on any atom is -0.480 e. The number of carbonyl (C=O) groups excluding carboxylic acids is 1. The number of carboxylic acids is 1. The number of carboxylic acid groups (broad SMARTS) is 1. The quantitative estimate of drug-likeness (QED) is 0.630. The van der Waals surface area contributed by atoms with Crippen LogP contribution < -0.4 is 0 Å². The first kappa shape index (κ1) is 18.4. The number of Topliss-reactive ketones (excluding diaryl/α,β-unsaturated/α-hetero) is 1. The van der Waals surface area contributed by atoms with Gasteiger partial charge in [0.2, 0.25) is 0 Å². The van der Waals surface area contributed by atoms with E-state index in [4.69, 9.17) is 11.6 Å². The first-order valence-corrected chi connectivity index (χ1v) is 9.48. The minimum absolute atomic E-state index is 0.0345. The average Bonchev–Trinajstić information content (AvgIpc) is 2.95. The number of nitrogens with zero attached hydrogens (tertiary/aromatic N) is 1. The summed E-state index contributed by atoms with van der Waals surface area (Å²) in [6, 6.07) is 14.6. The molecule has 0 amide bonds. The number of carbonyl (C=O) groups is 2. The Morgan fingerprint density at radius 2 is 2.00 bits per heavy atom. The van der Waals surface area contributed by atoms with Crippen LogP contribution in [0.4, 0.5) is 0 Å². The Morgan fingerprint density at radius 3 is 2.75 bits per heavy atom. The van der Waals surface area contributed by atoms with Gasteiger partial charge in [-0.2, -0.15) is 0 Å². The number of halogens is 1. The maximum absolute atomic E-state index is 13.2. The third-order valence-corrected chi connectivity index (χ3v) is 5.64. The molecule has 28 heavy (non-hydrogen) atoms. The molecule has 2 N–H and O–H groups in total. The van der Waals surface area contributed by atoms with Crippen molar-refractivity contribution in [2.75, 3.05) is 6.54 Å². The number of nitrogens with one attached hydrogen (secondary N) is 1. The van der Waals surface area contributed by atoms with Crippen LogP contribution in [-0.2, 0) is 4.79 Å². The first-order valence-electron chi connectivity index (χ1n) is 9.10. The Kier molecular flexibility index (Phi) is 4.77. The Balaban J connectivity index is 1.83. The standard InChI is InChI=1S/C22H19ClN2O3/c1-12(21(26)13-5-4-6-14(23)9-13)16-10-24-11-17(22(27)28)20-19(16)15-7-2-3-8-18(15)25-20/h2-9,11-12,16-17,25H,10H2,1H3,(H,27,28). The van der Waals surface area contributed by atoms with E-state index in [-0.39, 0.29) is 17.6 Å². The van der Waals surface area contributed by atoms with E-state index < -0.39 is 11.9 Å². The molecule has 0 spiro atoms. The second-order valence-corrected chi connectivity index (χ2v) is 7.53. The summed E-state index contributed by atoms with van der Waals surface area (Å²) in [7, 11) is 0. The third kappa shape index (κ3) is 3.12. The molecule has 0 aliphatic carbocycles. The molecule has 6 heteroatoms.